The quantitative estimate of drug-likeness (QED) is 0.644. The molecule has 5 nitrogen and oxygen atoms in total. The number of esters is 1. The van der Waals surface area contributed by atoms with Gasteiger partial charge in [0.25, 0.3) is 0 Å². The molecule has 0 aromatic heterocycles. The van der Waals surface area contributed by atoms with Gasteiger partial charge in [-0.2, -0.15) is 0 Å². The first-order valence-electron chi connectivity index (χ1n) is 5.94. The highest BCUT2D eigenvalue weighted by Gasteiger charge is 2.35. The molecule has 1 aliphatic rings. The molecule has 18 heavy (non-hydrogen) atoms. The third-order valence-electron chi connectivity index (χ3n) is 2.93. The molecule has 2 rings (SSSR count). The average Bonchev–Trinajstić information content (AvgIpc) is 2.72. The van der Waals surface area contributed by atoms with E-state index < -0.39 is 0 Å². The number of anilines is 2. The molecule has 1 saturated heterocycles. The van der Waals surface area contributed by atoms with Crippen molar-refractivity contribution in [3.8, 4) is 0 Å². The number of nitrogens with two attached hydrogens (primary N) is 1. The first kappa shape index (κ1) is 12.4. The summed E-state index contributed by atoms with van der Waals surface area (Å²) in [6, 6.07) is 7.08. The van der Waals surface area contributed by atoms with Crippen LogP contribution in [0.15, 0.2) is 24.3 Å². The summed E-state index contributed by atoms with van der Waals surface area (Å²) in [7, 11) is 0. The monoisotopic (exact) mass is 248 g/mol. The van der Waals surface area contributed by atoms with Crippen LogP contribution < -0.4 is 10.6 Å². The van der Waals surface area contributed by atoms with Crippen LogP contribution >= 0.6 is 0 Å². The zero-order valence-electron chi connectivity index (χ0n) is 10.3. The number of amides is 1. The molecule has 96 valence electrons. The zero-order valence-corrected chi connectivity index (χ0v) is 10.3. The fourth-order valence-electron chi connectivity index (χ4n) is 2.07. The molecule has 0 radical (unpaired) electrons. The molecule has 1 heterocycles. The summed E-state index contributed by atoms with van der Waals surface area (Å²) in [5.41, 5.74) is 7.01. The lowest BCUT2D eigenvalue weighted by molar-refractivity contribution is -0.147. The van der Waals surface area contributed by atoms with E-state index in [4.69, 9.17) is 10.5 Å². The Hall–Kier alpha value is -2.04. The molecule has 0 aliphatic carbocycles. The molecule has 0 unspecified atom stereocenters. The lowest BCUT2D eigenvalue weighted by Gasteiger charge is -2.16. The topological polar surface area (TPSA) is 72.6 Å². The summed E-state index contributed by atoms with van der Waals surface area (Å²) in [6.07, 6.45) is 0.202. The van der Waals surface area contributed by atoms with Gasteiger partial charge in [0.05, 0.1) is 12.5 Å². The van der Waals surface area contributed by atoms with E-state index in [0.717, 1.165) is 5.69 Å². The molecular formula is C13H16N2O3. The number of hydrogen-bond donors (Lipinski definition) is 1. The number of nitrogens with zero attached hydrogens (tertiary/aromatic N) is 1. The van der Waals surface area contributed by atoms with Crippen LogP contribution in [0.2, 0.25) is 0 Å². The highest BCUT2D eigenvalue weighted by molar-refractivity contribution is 5.99. The molecule has 1 atom stereocenters. The van der Waals surface area contributed by atoms with E-state index in [0.29, 0.717) is 18.8 Å². The fourth-order valence-corrected chi connectivity index (χ4v) is 2.07. The van der Waals surface area contributed by atoms with Crippen molar-refractivity contribution in [3.05, 3.63) is 24.3 Å². The summed E-state index contributed by atoms with van der Waals surface area (Å²) in [4.78, 5) is 25.1. The van der Waals surface area contributed by atoms with Crippen LogP contribution in [0.25, 0.3) is 0 Å². The molecule has 1 aromatic carbocycles. The Morgan fingerprint density at radius 3 is 3.00 bits per heavy atom. The normalized spacial score (nSPS) is 19.1. The average molecular weight is 248 g/mol. The molecule has 1 fully saturated rings. The van der Waals surface area contributed by atoms with Crippen LogP contribution in [-0.2, 0) is 14.3 Å². The Bertz CT molecular complexity index is 473. The predicted octanol–water partition coefficient (Wildman–Crippen LogP) is 1.18. The molecule has 0 saturated carbocycles. The van der Waals surface area contributed by atoms with Gasteiger partial charge >= 0.3 is 5.97 Å². The summed E-state index contributed by atoms with van der Waals surface area (Å²) in [6.45, 7) is 2.45. The van der Waals surface area contributed by atoms with Crippen molar-refractivity contribution in [1.82, 2.24) is 0 Å². The van der Waals surface area contributed by atoms with Gasteiger partial charge in [-0.15, -0.1) is 0 Å². The second-order valence-corrected chi connectivity index (χ2v) is 4.25. The van der Waals surface area contributed by atoms with E-state index in [9.17, 15) is 9.59 Å². The van der Waals surface area contributed by atoms with Gasteiger partial charge in [-0.3, -0.25) is 9.59 Å². The molecule has 1 amide bonds. The van der Waals surface area contributed by atoms with Gasteiger partial charge in [-0.1, -0.05) is 6.07 Å². The largest absolute Gasteiger partial charge is 0.466 e. The van der Waals surface area contributed by atoms with E-state index in [1.807, 2.05) is 6.07 Å². The molecular weight excluding hydrogens is 232 g/mol. The standard InChI is InChI=1S/C13H16N2O3/c1-2-18-13(17)9-6-12(16)15(8-9)11-5-3-4-10(14)7-11/h3-5,7,9H,2,6,8,14H2,1H3/t9-/m1/s1. The molecule has 0 spiro atoms. The van der Waals surface area contributed by atoms with Crippen LogP contribution in [0, 0.1) is 5.92 Å². The predicted molar refractivity (Wildman–Crippen MR) is 67.9 cm³/mol. The van der Waals surface area contributed by atoms with E-state index in [1.165, 1.54) is 0 Å². The zero-order chi connectivity index (χ0) is 13.1. The maximum absolute atomic E-state index is 11.9. The van der Waals surface area contributed by atoms with E-state index in [2.05, 4.69) is 0 Å². The summed E-state index contributed by atoms with van der Waals surface area (Å²) < 4.78 is 4.94. The minimum atomic E-state index is -0.376. The third kappa shape index (κ3) is 2.45. The van der Waals surface area contributed by atoms with Gasteiger partial charge in [0.2, 0.25) is 5.91 Å². The highest BCUT2D eigenvalue weighted by Crippen LogP contribution is 2.26. The first-order valence-corrected chi connectivity index (χ1v) is 5.94. The molecule has 1 aromatic rings. The van der Waals surface area contributed by atoms with Crippen LogP contribution in [0.4, 0.5) is 11.4 Å². The van der Waals surface area contributed by atoms with Crippen molar-refractivity contribution in [2.75, 3.05) is 23.8 Å². The summed E-state index contributed by atoms with van der Waals surface area (Å²) in [5, 5.41) is 0. The van der Waals surface area contributed by atoms with Crippen molar-refractivity contribution < 1.29 is 14.3 Å². The van der Waals surface area contributed by atoms with Gasteiger partial charge in [-0.25, -0.2) is 0 Å². The Kier molecular flexibility index (Phi) is 3.50. The number of rotatable bonds is 3. The molecule has 1 aliphatic heterocycles. The van der Waals surface area contributed by atoms with Gasteiger partial charge in [0.1, 0.15) is 0 Å². The summed E-state index contributed by atoms with van der Waals surface area (Å²) in [5.74, 6) is -0.755. The van der Waals surface area contributed by atoms with Gasteiger partial charge in [0.15, 0.2) is 0 Å². The van der Waals surface area contributed by atoms with Crippen LogP contribution in [0.3, 0.4) is 0 Å². The smallest absolute Gasteiger partial charge is 0.311 e. The lowest BCUT2D eigenvalue weighted by Crippen LogP contribution is -2.26. The molecule has 5 heteroatoms. The Balaban J connectivity index is 2.12. The third-order valence-corrected chi connectivity index (χ3v) is 2.93. The highest BCUT2D eigenvalue weighted by atomic mass is 16.5. The Labute approximate surface area is 106 Å². The maximum Gasteiger partial charge on any atom is 0.311 e. The number of carbonyl (C=O) groups excluding carboxylic acids is 2. The van der Waals surface area contributed by atoms with Crippen molar-refractivity contribution >= 4 is 23.3 Å². The van der Waals surface area contributed by atoms with E-state index >= 15 is 0 Å². The van der Waals surface area contributed by atoms with Crippen molar-refractivity contribution in [2.24, 2.45) is 5.92 Å². The fraction of sp³-hybridized carbons (Fsp3) is 0.385. The Morgan fingerprint density at radius 1 is 1.56 bits per heavy atom. The number of ether oxygens (including phenoxy) is 1. The minimum absolute atomic E-state index is 0.0707. The van der Waals surface area contributed by atoms with Crippen LogP contribution in [0.1, 0.15) is 13.3 Å². The second-order valence-electron chi connectivity index (χ2n) is 4.25. The van der Waals surface area contributed by atoms with Gasteiger partial charge < -0.3 is 15.4 Å². The number of hydrogen-bond acceptors (Lipinski definition) is 4. The Morgan fingerprint density at radius 2 is 2.33 bits per heavy atom. The SMILES string of the molecule is CCOC(=O)[C@@H]1CC(=O)N(c2cccc(N)c2)C1. The number of nitrogen functional groups attached to an aromatic ring is 1. The minimum Gasteiger partial charge on any atom is -0.466 e. The molecule has 0 bridgehead atoms. The maximum atomic E-state index is 11.9. The number of benzene rings is 1. The lowest BCUT2D eigenvalue weighted by atomic mass is 10.1. The summed E-state index contributed by atoms with van der Waals surface area (Å²) >= 11 is 0. The number of carbonyl (C=O) groups is 2. The van der Waals surface area contributed by atoms with Crippen molar-refractivity contribution in [2.45, 2.75) is 13.3 Å². The van der Waals surface area contributed by atoms with Gasteiger partial charge in [-0.05, 0) is 25.1 Å². The van der Waals surface area contributed by atoms with Crippen molar-refractivity contribution in [1.29, 1.82) is 0 Å². The van der Waals surface area contributed by atoms with Crippen LogP contribution in [0.5, 0.6) is 0 Å². The second kappa shape index (κ2) is 5.08. The van der Waals surface area contributed by atoms with Crippen LogP contribution in [-0.4, -0.2) is 25.0 Å². The van der Waals surface area contributed by atoms with Gasteiger partial charge in [0, 0.05) is 24.3 Å². The van der Waals surface area contributed by atoms with E-state index in [1.54, 1.807) is 30.0 Å². The van der Waals surface area contributed by atoms with E-state index in [-0.39, 0.29) is 24.2 Å². The molecule has 2 N–H and O–H groups in total. The van der Waals surface area contributed by atoms with Crippen molar-refractivity contribution in [3.63, 3.8) is 0 Å². The first-order chi connectivity index (χ1) is 8.61.